The molecule has 0 aromatic carbocycles. The number of nitrogens with zero attached hydrogens (tertiary/aromatic N) is 5. The molecule has 2 aromatic heterocycles. The first-order valence-corrected chi connectivity index (χ1v) is 9.88. The third-order valence-corrected chi connectivity index (χ3v) is 5.42. The summed E-state index contributed by atoms with van der Waals surface area (Å²) >= 11 is 0. The molecule has 0 fully saturated rings. The van der Waals surface area contributed by atoms with E-state index in [-0.39, 0.29) is 24.0 Å². The predicted molar refractivity (Wildman–Crippen MR) is 103 cm³/mol. The summed E-state index contributed by atoms with van der Waals surface area (Å²) in [5, 5.41) is 8.80. The Morgan fingerprint density at radius 3 is 2.72 bits per heavy atom. The van der Waals surface area contributed by atoms with E-state index in [1.807, 2.05) is 33.8 Å². The van der Waals surface area contributed by atoms with Crippen molar-refractivity contribution in [3.05, 3.63) is 35.0 Å². The molecule has 0 N–H and O–H groups in total. The molecule has 0 radical (unpaired) electrons. The van der Waals surface area contributed by atoms with Crippen LogP contribution in [0.1, 0.15) is 61.1 Å². The monoisotopic (exact) mass is 401 g/mol. The fourth-order valence-corrected chi connectivity index (χ4v) is 4.01. The fraction of sp³-hybridized carbons (Fsp3) is 0.600. The second kappa shape index (κ2) is 6.89. The number of fused-ring (bicyclic) bond motifs is 3. The number of amides is 2. The van der Waals surface area contributed by atoms with Crippen LogP contribution in [0.4, 0.5) is 4.79 Å². The van der Waals surface area contributed by atoms with Crippen molar-refractivity contribution in [2.24, 2.45) is 0 Å². The van der Waals surface area contributed by atoms with Gasteiger partial charge >= 0.3 is 6.09 Å². The normalized spacial score (nSPS) is 22.2. The van der Waals surface area contributed by atoms with E-state index in [0.29, 0.717) is 31.7 Å². The minimum absolute atomic E-state index is 0.00955. The highest BCUT2D eigenvalue weighted by Gasteiger charge is 2.38. The topological polar surface area (TPSA) is 93.7 Å². The molecule has 0 spiro atoms. The molecule has 9 heteroatoms. The van der Waals surface area contributed by atoms with Crippen LogP contribution in [-0.4, -0.2) is 62.0 Å². The average molecular weight is 401 g/mol. The number of hydrogen-bond donors (Lipinski definition) is 0. The van der Waals surface area contributed by atoms with Gasteiger partial charge in [0.15, 0.2) is 0 Å². The van der Waals surface area contributed by atoms with E-state index >= 15 is 0 Å². The van der Waals surface area contributed by atoms with Crippen LogP contribution in [0.25, 0.3) is 0 Å². The zero-order chi connectivity index (χ0) is 20.9. The molecule has 29 heavy (non-hydrogen) atoms. The van der Waals surface area contributed by atoms with Crippen LogP contribution in [-0.2, 0) is 24.2 Å². The van der Waals surface area contributed by atoms with Gasteiger partial charge in [0, 0.05) is 43.6 Å². The van der Waals surface area contributed by atoms with Crippen molar-refractivity contribution < 1.29 is 18.8 Å². The molecule has 2 aromatic rings. The molecule has 0 bridgehead atoms. The Hall–Kier alpha value is -2.84. The van der Waals surface area contributed by atoms with Crippen molar-refractivity contribution in [1.82, 2.24) is 24.7 Å². The first-order valence-electron chi connectivity index (χ1n) is 9.88. The first kappa shape index (κ1) is 19.5. The number of ether oxygens (including phenoxy) is 1. The Kier molecular flexibility index (Phi) is 4.63. The van der Waals surface area contributed by atoms with Crippen LogP contribution in [0, 0.1) is 0 Å². The Balaban J connectivity index is 1.68. The molecular weight excluding hydrogens is 374 g/mol. The number of carbonyl (C=O) groups is 2. The molecule has 2 amide bonds. The fourth-order valence-electron chi connectivity index (χ4n) is 4.01. The van der Waals surface area contributed by atoms with Crippen LogP contribution in [0.3, 0.4) is 0 Å². The maximum absolute atomic E-state index is 13.2. The van der Waals surface area contributed by atoms with Crippen molar-refractivity contribution in [3.63, 3.8) is 0 Å². The van der Waals surface area contributed by atoms with Gasteiger partial charge in [0.2, 0.25) is 0 Å². The third-order valence-electron chi connectivity index (χ3n) is 5.42. The molecule has 2 aliphatic heterocycles. The van der Waals surface area contributed by atoms with E-state index in [4.69, 9.17) is 14.4 Å². The minimum atomic E-state index is -0.576. The van der Waals surface area contributed by atoms with Crippen molar-refractivity contribution >= 4 is 12.0 Å². The molecule has 4 rings (SSSR count). The van der Waals surface area contributed by atoms with Crippen LogP contribution >= 0.6 is 0 Å². The number of carbonyl (C=O) groups excluding carboxylic acids is 2. The first-order chi connectivity index (χ1) is 13.6. The van der Waals surface area contributed by atoms with Gasteiger partial charge in [0.05, 0.1) is 24.5 Å². The van der Waals surface area contributed by atoms with E-state index < -0.39 is 5.60 Å². The Morgan fingerprint density at radius 1 is 1.31 bits per heavy atom. The molecule has 9 nitrogen and oxygen atoms in total. The minimum Gasteiger partial charge on any atom is -0.444 e. The van der Waals surface area contributed by atoms with Crippen LogP contribution < -0.4 is 0 Å². The summed E-state index contributed by atoms with van der Waals surface area (Å²) in [5.41, 5.74) is 2.46. The molecule has 4 heterocycles. The molecule has 0 saturated heterocycles. The summed E-state index contributed by atoms with van der Waals surface area (Å²) in [5.74, 6) is -0.104. The zero-order valence-corrected chi connectivity index (χ0v) is 17.5. The van der Waals surface area contributed by atoms with E-state index in [0.717, 1.165) is 17.0 Å². The molecule has 0 aliphatic carbocycles. The lowest BCUT2D eigenvalue weighted by atomic mass is 9.99. The highest BCUT2D eigenvalue weighted by molar-refractivity contribution is 5.94. The molecule has 0 saturated carbocycles. The number of aromatic nitrogens is 3. The number of rotatable bonds is 1. The maximum Gasteiger partial charge on any atom is 0.410 e. The molecule has 156 valence electrons. The van der Waals surface area contributed by atoms with Gasteiger partial charge in [-0.2, -0.15) is 5.10 Å². The number of hydrogen-bond acceptors (Lipinski definition) is 6. The summed E-state index contributed by atoms with van der Waals surface area (Å²) in [6.07, 6.45) is 1.75. The molecular formula is C20H27N5O4. The van der Waals surface area contributed by atoms with Gasteiger partial charge in [0.25, 0.3) is 5.91 Å². The van der Waals surface area contributed by atoms with Gasteiger partial charge < -0.3 is 19.1 Å². The summed E-state index contributed by atoms with van der Waals surface area (Å²) in [7, 11) is 1.78. The lowest BCUT2D eigenvalue weighted by molar-refractivity contribution is 0.0136. The van der Waals surface area contributed by atoms with Gasteiger partial charge in [-0.25, -0.2) is 4.79 Å². The van der Waals surface area contributed by atoms with E-state index in [1.165, 1.54) is 6.26 Å². The standard InChI is InChI=1S/C20H27N5O4/c1-12-8-16-14(11-24(12)19(27)29-20(2,3)4)17-18(26)23(5)9-13(10-25(17)21-16)15-6-7-28-22-15/h6-7,12-13H,8-11H2,1-5H3/t12-,13-/m1/s1. The van der Waals surface area contributed by atoms with Crippen molar-refractivity contribution in [2.45, 2.75) is 64.8 Å². The van der Waals surface area contributed by atoms with Crippen LogP contribution in [0.2, 0.25) is 0 Å². The zero-order valence-electron chi connectivity index (χ0n) is 17.5. The van der Waals surface area contributed by atoms with Gasteiger partial charge in [0.1, 0.15) is 17.6 Å². The largest absolute Gasteiger partial charge is 0.444 e. The van der Waals surface area contributed by atoms with Gasteiger partial charge in [-0.15, -0.1) is 0 Å². The molecule has 2 atom stereocenters. The Labute approximate surface area is 169 Å². The second-order valence-electron chi connectivity index (χ2n) is 8.92. The smallest absolute Gasteiger partial charge is 0.410 e. The van der Waals surface area contributed by atoms with E-state index in [1.54, 1.807) is 21.5 Å². The van der Waals surface area contributed by atoms with Crippen molar-refractivity contribution in [1.29, 1.82) is 0 Å². The quantitative estimate of drug-likeness (QED) is 0.728. The van der Waals surface area contributed by atoms with E-state index in [9.17, 15) is 9.59 Å². The van der Waals surface area contributed by atoms with Crippen molar-refractivity contribution in [3.8, 4) is 0 Å². The lowest BCUT2D eigenvalue weighted by Gasteiger charge is -2.34. The highest BCUT2D eigenvalue weighted by atomic mass is 16.6. The maximum atomic E-state index is 13.2. The third kappa shape index (κ3) is 3.61. The molecule has 2 aliphatic rings. The Bertz CT molecular complexity index is 928. The predicted octanol–water partition coefficient (Wildman–Crippen LogP) is 2.42. The highest BCUT2D eigenvalue weighted by Crippen LogP contribution is 2.31. The van der Waals surface area contributed by atoms with Crippen LogP contribution in [0.15, 0.2) is 16.9 Å². The van der Waals surface area contributed by atoms with Crippen LogP contribution in [0.5, 0.6) is 0 Å². The van der Waals surface area contributed by atoms with Gasteiger partial charge in [-0.1, -0.05) is 5.16 Å². The Morgan fingerprint density at radius 2 is 2.07 bits per heavy atom. The van der Waals surface area contributed by atoms with Crippen molar-refractivity contribution in [2.75, 3.05) is 13.6 Å². The second-order valence-corrected chi connectivity index (χ2v) is 8.92. The van der Waals surface area contributed by atoms with E-state index in [2.05, 4.69) is 5.16 Å². The lowest BCUT2D eigenvalue weighted by Crippen LogP contribution is -2.45. The summed E-state index contributed by atoms with van der Waals surface area (Å²) in [4.78, 5) is 29.2. The van der Waals surface area contributed by atoms with Gasteiger partial charge in [-0.05, 0) is 27.7 Å². The van der Waals surface area contributed by atoms with Gasteiger partial charge in [-0.3, -0.25) is 9.48 Å². The summed E-state index contributed by atoms with van der Waals surface area (Å²) in [6.45, 7) is 8.89. The number of likely N-dealkylation sites (N-methyl/N-ethyl adjacent to an activating group) is 1. The average Bonchev–Trinajstić information content (AvgIpc) is 3.23. The summed E-state index contributed by atoms with van der Waals surface area (Å²) < 4.78 is 12.3. The molecule has 0 unspecified atom stereocenters. The summed E-state index contributed by atoms with van der Waals surface area (Å²) in [6, 6.07) is 1.76. The SMILES string of the molecule is C[C@@H]1Cc2nn3c(c2CN1C(=O)OC(C)(C)C)C(=O)N(C)C[C@@H](c1ccon1)C3.